The highest BCUT2D eigenvalue weighted by atomic mass is 28.4. The Morgan fingerprint density at radius 1 is 1.14 bits per heavy atom. The van der Waals surface area contributed by atoms with Gasteiger partial charge >= 0.3 is 0 Å². The van der Waals surface area contributed by atoms with Crippen molar-refractivity contribution < 1.29 is 28.7 Å². The summed E-state index contributed by atoms with van der Waals surface area (Å²) in [4.78, 5) is 51.0. The lowest BCUT2D eigenvalue weighted by molar-refractivity contribution is -0.179. The van der Waals surface area contributed by atoms with E-state index < -0.39 is 61.3 Å². The van der Waals surface area contributed by atoms with Crippen LogP contribution >= 0.6 is 0 Å². The largest absolute Gasteiger partial charge is 0.413 e. The van der Waals surface area contributed by atoms with Crippen LogP contribution in [-0.4, -0.2) is 59.5 Å². The van der Waals surface area contributed by atoms with Gasteiger partial charge in [0.25, 0.3) is 5.91 Å². The van der Waals surface area contributed by atoms with Gasteiger partial charge in [-0.2, -0.15) is 0 Å². The molecule has 2 amide bonds. The summed E-state index contributed by atoms with van der Waals surface area (Å²) in [7, 11) is -2.21. The summed E-state index contributed by atoms with van der Waals surface area (Å²) in [5.74, 6) is -4.10. The first-order valence-electron chi connectivity index (χ1n) is 10.2. The molecule has 0 saturated carbocycles. The van der Waals surface area contributed by atoms with E-state index in [-0.39, 0.29) is 11.5 Å². The number of Topliss-reactive ketones (excluding diaryl/α,β-unsaturated/α-hetero) is 2. The second-order valence-electron chi connectivity index (χ2n) is 10.1. The molecule has 0 aliphatic carbocycles. The predicted octanol–water partition coefficient (Wildman–Crippen LogP) is 2.71. The highest BCUT2D eigenvalue weighted by molar-refractivity contribution is 6.74. The molecule has 0 spiro atoms. The number of hydrogen-bond donors (Lipinski definition) is 1. The molecule has 1 N–H and O–H groups in total. The Hall–Kier alpha value is -1.38. The van der Waals surface area contributed by atoms with E-state index in [0.29, 0.717) is 0 Å². The molecule has 1 rings (SSSR count). The lowest BCUT2D eigenvalue weighted by atomic mass is 9.72. The summed E-state index contributed by atoms with van der Waals surface area (Å²) >= 11 is 0. The van der Waals surface area contributed by atoms with Crippen molar-refractivity contribution in [3.8, 4) is 0 Å². The van der Waals surface area contributed by atoms with E-state index in [1.807, 2.05) is 0 Å². The zero-order valence-electron chi connectivity index (χ0n) is 19.5. The maximum atomic E-state index is 12.9. The summed E-state index contributed by atoms with van der Waals surface area (Å²) in [6.45, 7) is 18.0. The fourth-order valence-corrected chi connectivity index (χ4v) is 4.92. The van der Waals surface area contributed by atoms with Gasteiger partial charge in [0.1, 0.15) is 5.60 Å². The number of nitrogens with zero attached hydrogens (tertiary/aromatic N) is 1. The molecule has 0 aromatic carbocycles. The SMILES string of the molecule is CCC(=O)C(=O)N1C(=O)[C@H]([C@@H](C)O[Si](C)(C)C(C)(C)C)[C@H]1[C@@H](C)C(=O)C(C)(C)O. The van der Waals surface area contributed by atoms with E-state index in [0.717, 1.165) is 4.90 Å². The molecular formula is C21H37NO6Si. The van der Waals surface area contributed by atoms with E-state index in [1.54, 1.807) is 20.8 Å². The molecular weight excluding hydrogens is 390 g/mol. The van der Waals surface area contributed by atoms with Crippen molar-refractivity contribution in [2.24, 2.45) is 11.8 Å². The molecule has 1 aliphatic heterocycles. The van der Waals surface area contributed by atoms with Gasteiger partial charge in [-0.05, 0) is 38.9 Å². The standard InChI is InChI=1S/C21H37NO6Si/c1-11-14(23)18(25)22-16(12(2)17(24)21(7,8)27)15(19(22)26)13(3)28-29(9,10)20(4,5)6/h12-13,15-16,27H,11H2,1-10H3/t12-,13-,15-,16-/m1/s1. The van der Waals surface area contributed by atoms with Gasteiger partial charge in [0.05, 0.1) is 18.1 Å². The predicted molar refractivity (Wildman–Crippen MR) is 113 cm³/mol. The van der Waals surface area contributed by atoms with Crippen molar-refractivity contribution in [1.82, 2.24) is 4.90 Å². The van der Waals surface area contributed by atoms with Crippen LogP contribution in [0.5, 0.6) is 0 Å². The molecule has 1 fully saturated rings. The first-order valence-corrected chi connectivity index (χ1v) is 13.1. The van der Waals surface area contributed by atoms with Gasteiger partial charge in [-0.25, -0.2) is 0 Å². The molecule has 166 valence electrons. The number of carbonyl (C=O) groups is 4. The maximum absolute atomic E-state index is 12.9. The van der Waals surface area contributed by atoms with Gasteiger partial charge in [-0.3, -0.25) is 24.1 Å². The minimum atomic E-state index is -2.21. The van der Waals surface area contributed by atoms with Gasteiger partial charge in [-0.1, -0.05) is 34.6 Å². The molecule has 8 heteroatoms. The third-order valence-electron chi connectivity index (χ3n) is 6.29. The van der Waals surface area contributed by atoms with E-state index in [4.69, 9.17) is 4.43 Å². The average molecular weight is 428 g/mol. The molecule has 0 aromatic rings. The van der Waals surface area contributed by atoms with E-state index in [2.05, 4.69) is 33.9 Å². The molecule has 1 aliphatic rings. The number of aliphatic hydroxyl groups is 1. The van der Waals surface area contributed by atoms with Crippen LogP contribution in [0, 0.1) is 11.8 Å². The van der Waals surface area contributed by atoms with Gasteiger partial charge in [0, 0.05) is 12.3 Å². The van der Waals surface area contributed by atoms with Crippen molar-refractivity contribution in [2.45, 2.75) is 97.7 Å². The minimum Gasteiger partial charge on any atom is -0.413 e. The quantitative estimate of drug-likeness (QED) is 0.363. The average Bonchev–Trinajstić information content (AvgIpc) is 2.54. The number of ketones is 2. The van der Waals surface area contributed by atoms with E-state index in [9.17, 15) is 24.3 Å². The Balaban J connectivity index is 3.28. The number of amides is 2. The molecule has 0 bridgehead atoms. The van der Waals surface area contributed by atoms with Crippen LogP contribution in [0.2, 0.25) is 18.1 Å². The van der Waals surface area contributed by atoms with Crippen molar-refractivity contribution in [1.29, 1.82) is 0 Å². The topological polar surface area (TPSA) is 101 Å². The molecule has 0 unspecified atom stereocenters. The number of imide groups is 1. The van der Waals surface area contributed by atoms with Crippen molar-refractivity contribution in [2.75, 3.05) is 0 Å². The molecule has 0 radical (unpaired) electrons. The highest BCUT2D eigenvalue weighted by Crippen LogP contribution is 2.42. The van der Waals surface area contributed by atoms with Crippen LogP contribution in [0.15, 0.2) is 0 Å². The summed E-state index contributed by atoms with van der Waals surface area (Å²) in [5.41, 5.74) is -1.62. The normalized spacial score (nSPS) is 22.7. The van der Waals surface area contributed by atoms with Gasteiger partial charge in [0.2, 0.25) is 11.7 Å². The first kappa shape index (κ1) is 25.7. The Labute approximate surface area is 175 Å². The molecule has 0 aromatic heterocycles. The lowest BCUT2D eigenvalue weighted by Gasteiger charge is -2.52. The monoisotopic (exact) mass is 427 g/mol. The van der Waals surface area contributed by atoms with Crippen LogP contribution < -0.4 is 0 Å². The third-order valence-corrected chi connectivity index (χ3v) is 10.9. The van der Waals surface area contributed by atoms with Gasteiger partial charge in [0.15, 0.2) is 14.1 Å². The number of β-lactam (4-membered cyclic amide) rings is 1. The minimum absolute atomic E-state index is 0.0240. The fraction of sp³-hybridized carbons (Fsp3) is 0.810. The second-order valence-corrected chi connectivity index (χ2v) is 14.9. The van der Waals surface area contributed by atoms with Crippen LogP contribution in [0.4, 0.5) is 0 Å². The lowest BCUT2D eigenvalue weighted by Crippen LogP contribution is -2.71. The summed E-state index contributed by atoms with van der Waals surface area (Å²) in [6, 6.07) is -0.816. The van der Waals surface area contributed by atoms with Crippen molar-refractivity contribution in [3.63, 3.8) is 0 Å². The van der Waals surface area contributed by atoms with Crippen molar-refractivity contribution >= 4 is 31.7 Å². The highest BCUT2D eigenvalue weighted by Gasteiger charge is 2.59. The Morgan fingerprint density at radius 2 is 1.62 bits per heavy atom. The first-order chi connectivity index (χ1) is 12.9. The Bertz CT molecular complexity index is 688. The molecule has 1 saturated heterocycles. The Morgan fingerprint density at radius 3 is 2.00 bits per heavy atom. The van der Waals surface area contributed by atoms with Crippen LogP contribution in [0.1, 0.15) is 61.8 Å². The zero-order valence-corrected chi connectivity index (χ0v) is 20.5. The van der Waals surface area contributed by atoms with Crippen LogP contribution in [0.3, 0.4) is 0 Å². The fourth-order valence-electron chi connectivity index (χ4n) is 3.49. The summed E-state index contributed by atoms with van der Waals surface area (Å²) < 4.78 is 6.36. The van der Waals surface area contributed by atoms with E-state index >= 15 is 0 Å². The maximum Gasteiger partial charge on any atom is 0.296 e. The Kier molecular flexibility index (Phi) is 7.43. The number of hydrogen-bond acceptors (Lipinski definition) is 6. The molecule has 7 nitrogen and oxygen atoms in total. The number of likely N-dealkylation sites (tertiary alicyclic amines) is 1. The number of rotatable bonds is 8. The molecule has 1 heterocycles. The summed E-state index contributed by atoms with van der Waals surface area (Å²) in [5, 5.41) is 10.1. The zero-order chi connectivity index (χ0) is 23.1. The van der Waals surface area contributed by atoms with Crippen LogP contribution in [0.25, 0.3) is 0 Å². The summed E-state index contributed by atoms with van der Waals surface area (Å²) in [6.07, 6.45) is -0.546. The third kappa shape index (κ3) is 5.03. The molecule has 4 atom stereocenters. The van der Waals surface area contributed by atoms with Crippen molar-refractivity contribution in [3.05, 3.63) is 0 Å². The molecule has 29 heavy (non-hydrogen) atoms. The van der Waals surface area contributed by atoms with Gasteiger partial charge in [-0.15, -0.1) is 0 Å². The second kappa shape index (κ2) is 8.39. The number of carbonyl (C=O) groups excluding carboxylic acids is 4. The smallest absolute Gasteiger partial charge is 0.296 e. The van der Waals surface area contributed by atoms with Crippen LogP contribution in [-0.2, 0) is 23.6 Å². The van der Waals surface area contributed by atoms with Gasteiger partial charge < -0.3 is 9.53 Å². The van der Waals surface area contributed by atoms with E-state index in [1.165, 1.54) is 13.8 Å².